The van der Waals surface area contributed by atoms with Crippen LogP contribution in [-0.4, -0.2) is 37.6 Å². The Morgan fingerprint density at radius 2 is 2.12 bits per heavy atom. The predicted molar refractivity (Wildman–Crippen MR) is 89.4 cm³/mol. The maximum atomic E-state index is 13.6. The molecule has 1 aliphatic rings. The molecule has 0 saturated carbocycles. The quantitative estimate of drug-likeness (QED) is 0.811. The van der Waals surface area contributed by atoms with Gasteiger partial charge < -0.3 is 9.26 Å². The summed E-state index contributed by atoms with van der Waals surface area (Å²) in [6, 6.07) is 6.20. The molecule has 1 aliphatic heterocycles. The molecule has 25 heavy (non-hydrogen) atoms. The van der Waals surface area contributed by atoms with Crippen LogP contribution in [0.4, 0.5) is 4.39 Å². The number of aromatic nitrogens is 1. The lowest BCUT2D eigenvalue weighted by Gasteiger charge is -2.31. The number of halogens is 1. The van der Waals surface area contributed by atoms with Crippen LogP contribution in [0.3, 0.4) is 0 Å². The molecule has 0 amide bonds. The SMILES string of the molecule is Cc1noc(C)c1S(=O)(=O)N1CCCC(COc2ccccc2F)C1. The number of rotatable bonds is 5. The van der Waals surface area contributed by atoms with Gasteiger partial charge in [-0.3, -0.25) is 0 Å². The predicted octanol–water partition coefficient (Wildman–Crippen LogP) is 2.91. The normalized spacial score (nSPS) is 19.1. The second-order valence-corrected chi connectivity index (χ2v) is 8.14. The van der Waals surface area contributed by atoms with E-state index in [9.17, 15) is 12.8 Å². The summed E-state index contributed by atoms with van der Waals surface area (Å²) in [4.78, 5) is 0.142. The molecule has 0 spiro atoms. The third-order valence-corrected chi connectivity index (χ3v) is 6.47. The van der Waals surface area contributed by atoms with E-state index < -0.39 is 15.8 Å². The highest BCUT2D eigenvalue weighted by molar-refractivity contribution is 7.89. The Morgan fingerprint density at radius 1 is 1.36 bits per heavy atom. The van der Waals surface area contributed by atoms with E-state index in [0.29, 0.717) is 24.5 Å². The number of nitrogens with zero attached hydrogens (tertiary/aromatic N) is 2. The average Bonchev–Trinajstić information content (AvgIpc) is 2.94. The number of aryl methyl sites for hydroxylation is 2. The molecule has 6 nitrogen and oxygen atoms in total. The van der Waals surface area contributed by atoms with E-state index in [1.54, 1.807) is 32.0 Å². The minimum absolute atomic E-state index is 0.00334. The van der Waals surface area contributed by atoms with Crippen LogP contribution in [0.25, 0.3) is 0 Å². The molecular weight excluding hydrogens is 347 g/mol. The Balaban J connectivity index is 1.70. The number of benzene rings is 1. The molecule has 1 aromatic heterocycles. The molecule has 1 fully saturated rings. The van der Waals surface area contributed by atoms with Gasteiger partial charge in [0.1, 0.15) is 10.6 Å². The van der Waals surface area contributed by atoms with Gasteiger partial charge in [-0.2, -0.15) is 4.31 Å². The molecule has 2 heterocycles. The van der Waals surface area contributed by atoms with Crippen molar-refractivity contribution in [2.24, 2.45) is 5.92 Å². The molecule has 0 N–H and O–H groups in total. The van der Waals surface area contributed by atoms with Crippen LogP contribution in [0.15, 0.2) is 33.7 Å². The van der Waals surface area contributed by atoms with Gasteiger partial charge in [-0.25, -0.2) is 12.8 Å². The average molecular weight is 368 g/mol. The summed E-state index contributed by atoms with van der Waals surface area (Å²) in [5.41, 5.74) is 0.363. The number of hydrogen-bond acceptors (Lipinski definition) is 5. The standard InChI is InChI=1S/C17H21FN2O4S/c1-12-17(13(2)24-19-12)25(21,22)20-9-5-6-14(10-20)11-23-16-8-4-3-7-15(16)18/h3-4,7-8,14H,5-6,9-11H2,1-2H3. The first-order valence-electron chi connectivity index (χ1n) is 8.20. The summed E-state index contributed by atoms with van der Waals surface area (Å²) < 4.78 is 51.4. The van der Waals surface area contributed by atoms with E-state index in [1.807, 2.05) is 0 Å². The van der Waals surface area contributed by atoms with Crippen molar-refractivity contribution < 1.29 is 22.1 Å². The second kappa shape index (κ2) is 7.13. The molecule has 136 valence electrons. The number of sulfonamides is 1. The van der Waals surface area contributed by atoms with Gasteiger partial charge in [0, 0.05) is 19.0 Å². The summed E-state index contributed by atoms with van der Waals surface area (Å²) in [5.74, 6) is 0.0672. The highest BCUT2D eigenvalue weighted by Gasteiger charge is 2.34. The van der Waals surface area contributed by atoms with Gasteiger partial charge in [-0.15, -0.1) is 0 Å². The van der Waals surface area contributed by atoms with E-state index in [4.69, 9.17) is 9.26 Å². The summed E-state index contributed by atoms with van der Waals surface area (Å²) in [7, 11) is -3.66. The van der Waals surface area contributed by atoms with Crippen molar-refractivity contribution in [3.63, 3.8) is 0 Å². The van der Waals surface area contributed by atoms with Crippen molar-refractivity contribution in [3.05, 3.63) is 41.5 Å². The Bertz CT molecular complexity index is 831. The molecule has 3 rings (SSSR count). The lowest BCUT2D eigenvalue weighted by molar-refractivity contribution is 0.176. The molecule has 0 aliphatic carbocycles. The highest BCUT2D eigenvalue weighted by atomic mass is 32.2. The molecular formula is C17H21FN2O4S. The monoisotopic (exact) mass is 368 g/mol. The Morgan fingerprint density at radius 3 is 2.80 bits per heavy atom. The topological polar surface area (TPSA) is 72.6 Å². The molecule has 1 unspecified atom stereocenters. The molecule has 2 aromatic rings. The molecule has 0 bridgehead atoms. The van der Waals surface area contributed by atoms with Crippen molar-refractivity contribution >= 4 is 10.0 Å². The van der Waals surface area contributed by atoms with Gasteiger partial charge in [0.25, 0.3) is 0 Å². The van der Waals surface area contributed by atoms with E-state index in [1.165, 1.54) is 10.4 Å². The van der Waals surface area contributed by atoms with Crippen molar-refractivity contribution in [2.75, 3.05) is 19.7 Å². The van der Waals surface area contributed by atoms with Gasteiger partial charge in [0.15, 0.2) is 17.3 Å². The third-order valence-electron chi connectivity index (χ3n) is 4.36. The Kier molecular flexibility index (Phi) is 5.10. The van der Waals surface area contributed by atoms with Crippen LogP contribution < -0.4 is 4.74 Å². The van der Waals surface area contributed by atoms with Crippen molar-refractivity contribution in [3.8, 4) is 5.75 Å². The highest BCUT2D eigenvalue weighted by Crippen LogP contribution is 2.28. The van der Waals surface area contributed by atoms with E-state index in [-0.39, 0.29) is 23.2 Å². The van der Waals surface area contributed by atoms with Crippen LogP contribution in [0.5, 0.6) is 5.75 Å². The lowest BCUT2D eigenvalue weighted by atomic mass is 10.0. The molecule has 8 heteroatoms. The summed E-state index contributed by atoms with van der Waals surface area (Å²) in [6.07, 6.45) is 1.57. The van der Waals surface area contributed by atoms with Gasteiger partial charge >= 0.3 is 0 Å². The number of piperidine rings is 1. The maximum absolute atomic E-state index is 13.6. The second-order valence-electron chi connectivity index (χ2n) is 6.27. The minimum atomic E-state index is -3.66. The number of ether oxygens (including phenoxy) is 1. The Labute approximate surface area is 146 Å². The van der Waals surface area contributed by atoms with E-state index in [0.717, 1.165) is 12.8 Å². The van der Waals surface area contributed by atoms with Gasteiger partial charge in [0.05, 0.1) is 6.61 Å². The summed E-state index contributed by atoms with van der Waals surface area (Å²) >= 11 is 0. The van der Waals surface area contributed by atoms with E-state index in [2.05, 4.69) is 5.16 Å². The van der Waals surface area contributed by atoms with Crippen molar-refractivity contribution in [1.29, 1.82) is 0 Å². The Hall–Kier alpha value is -1.93. The van der Waals surface area contributed by atoms with Crippen LogP contribution in [-0.2, 0) is 10.0 Å². The van der Waals surface area contributed by atoms with Crippen LogP contribution >= 0.6 is 0 Å². The lowest BCUT2D eigenvalue weighted by Crippen LogP contribution is -2.41. The first-order valence-corrected chi connectivity index (χ1v) is 9.64. The molecule has 1 aromatic carbocycles. The largest absolute Gasteiger partial charge is 0.490 e. The van der Waals surface area contributed by atoms with Gasteiger partial charge in [-0.05, 0) is 38.8 Å². The smallest absolute Gasteiger partial charge is 0.248 e. The first kappa shape index (κ1) is 17.9. The summed E-state index contributed by atoms with van der Waals surface area (Å²) in [6.45, 7) is 4.26. The number of para-hydroxylation sites is 1. The molecule has 1 atom stereocenters. The summed E-state index contributed by atoms with van der Waals surface area (Å²) in [5, 5.41) is 3.73. The third kappa shape index (κ3) is 3.69. The van der Waals surface area contributed by atoms with Crippen LogP contribution in [0.2, 0.25) is 0 Å². The molecule has 0 radical (unpaired) electrons. The van der Waals surface area contributed by atoms with Crippen molar-refractivity contribution in [1.82, 2.24) is 9.46 Å². The fraction of sp³-hybridized carbons (Fsp3) is 0.471. The fourth-order valence-electron chi connectivity index (χ4n) is 3.12. The first-order chi connectivity index (χ1) is 11.9. The zero-order valence-corrected chi connectivity index (χ0v) is 15.1. The van der Waals surface area contributed by atoms with Gasteiger partial charge in [0.2, 0.25) is 10.0 Å². The van der Waals surface area contributed by atoms with Gasteiger partial charge in [-0.1, -0.05) is 17.3 Å². The van der Waals surface area contributed by atoms with Crippen molar-refractivity contribution in [2.45, 2.75) is 31.6 Å². The fourth-order valence-corrected chi connectivity index (χ4v) is 4.97. The molecule has 1 saturated heterocycles. The van der Waals surface area contributed by atoms with E-state index >= 15 is 0 Å². The minimum Gasteiger partial charge on any atom is -0.490 e. The number of hydrogen-bond donors (Lipinski definition) is 0. The zero-order valence-electron chi connectivity index (χ0n) is 14.2. The zero-order chi connectivity index (χ0) is 18.0. The van der Waals surface area contributed by atoms with Crippen LogP contribution in [0, 0.1) is 25.6 Å². The maximum Gasteiger partial charge on any atom is 0.248 e. The van der Waals surface area contributed by atoms with Crippen LogP contribution in [0.1, 0.15) is 24.3 Å².